The first-order chi connectivity index (χ1) is 12.3. The highest BCUT2D eigenvalue weighted by molar-refractivity contribution is 5.78. The Morgan fingerprint density at radius 2 is 2.08 bits per heavy atom. The Bertz CT molecular complexity index is 531. The third kappa shape index (κ3) is 5.16. The van der Waals surface area contributed by atoms with Gasteiger partial charge in [0.25, 0.3) is 0 Å². The Labute approximate surface area is 150 Å². The third-order valence-electron chi connectivity index (χ3n) is 5.13. The van der Waals surface area contributed by atoms with Crippen molar-refractivity contribution in [2.75, 3.05) is 63.9 Å². The molecule has 0 radical (unpaired) electrons. The quantitative estimate of drug-likeness (QED) is 0.781. The van der Waals surface area contributed by atoms with Crippen LogP contribution in [0.4, 0.5) is 5.82 Å². The molecule has 1 atom stereocenters. The van der Waals surface area contributed by atoms with E-state index in [2.05, 4.69) is 14.8 Å². The molecule has 0 unspecified atom stereocenters. The highest BCUT2D eigenvalue weighted by Gasteiger charge is 2.26. The van der Waals surface area contributed by atoms with E-state index in [4.69, 9.17) is 4.74 Å². The molecule has 2 aliphatic rings. The van der Waals surface area contributed by atoms with Crippen molar-refractivity contribution in [3.05, 3.63) is 24.4 Å². The van der Waals surface area contributed by atoms with Gasteiger partial charge in [-0.05, 0) is 37.8 Å². The summed E-state index contributed by atoms with van der Waals surface area (Å²) in [5, 5.41) is 0. The number of piperidine rings is 1. The number of piperazine rings is 1. The molecule has 3 rings (SSSR count). The summed E-state index contributed by atoms with van der Waals surface area (Å²) in [6, 6.07) is 6.01. The molecule has 6 heteroatoms. The molecule has 0 aliphatic carbocycles. The molecule has 1 aromatic rings. The number of rotatable bonds is 6. The summed E-state index contributed by atoms with van der Waals surface area (Å²) in [5.41, 5.74) is 0. The molecule has 0 N–H and O–H groups in total. The molecule has 0 aromatic carbocycles. The number of hydrogen-bond donors (Lipinski definition) is 0. The standard InChI is InChI=1S/C19H30N4O2/c1-2-25-16-17-6-5-9-23(14-17)19(24)15-21-10-12-22(13-11-21)18-7-3-4-8-20-18/h3-4,7-8,17H,2,5-6,9-16H2,1H3/t17-/m0/s1. The zero-order chi connectivity index (χ0) is 17.5. The van der Waals surface area contributed by atoms with Crippen LogP contribution < -0.4 is 4.90 Å². The lowest BCUT2D eigenvalue weighted by Crippen LogP contribution is -2.51. The highest BCUT2D eigenvalue weighted by atomic mass is 16.5. The maximum absolute atomic E-state index is 12.7. The SMILES string of the molecule is CCOC[C@H]1CCCN(C(=O)CN2CCN(c3ccccn3)CC2)C1. The summed E-state index contributed by atoms with van der Waals surface area (Å²) < 4.78 is 5.55. The van der Waals surface area contributed by atoms with E-state index in [1.807, 2.05) is 36.2 Å². The number of carbonyl (C=O) groups excluding carboxylic acids is 1. The summed E-state index contributed by atoms with van der Waals surface area (Å²) >= 11 is 0. The van der Waals surface area contributed by atoms with E-state index >= 15 is 0 Å². The lowest BCUT2D eigenvalue weighted by molar-refractivity contribution is -0.134. The van der Waals surface area contributed by atoms with Crippen molar-refractivity contribution in [2.24, 2.45) is 5.92 Å². The van der Waals surface area contributed by atoms with Crippen molar-refractivity contribution in [3.63, 3.8) is 0 Å². The maximum Gasteiger partial charge on any atom is 0.236 e. The van der Waals surface area contributed by atoms with Crippen LogP contribution in [0, 0.1) is 5.92 Å². The van der Waals surface area contributed by atoms with E-state index in [9.17, 15) is 4.79 Å². The molecule has 138 valence electrons. The molecule has 1 aromatic heterocycles. The Morgan fingerprint density at radius 3 is 2.80 bits per heavy atom. The van der Waals surface area contributed by atoms with Crippen molar-refractivity contribution >= 4 is 11.7 Å². The van der Waals surface area contributed by atoms with Gasteiger partial charge in [0.15, 0.2) is 0 Å². The van der Waals surface area contributed by atoms with Gasteiger partial charge in [-0.25, -0.2) is 4.98 Å². The zero-order valence-corrected chi connectivity index (χ0v) is 15.3. The van der Waals surface area contributed by atoms with Gasteiger partial charge in [-0.15, -0.1) is 0 Å². The maximum atomic E-state index is 12.7. The number of carbonyl (C=O) groups is 1. The second-order valence-electron chi connectivity index (χ2n) is 6.96. The number of pyridine rings is 1. The molecular formula is C19H30N4O2. The minimum atomic E-state index is 0.271. The molecule has 6 nitrogen and oxygen atoms in total. The van der Waals surface area contributed by atoms with Crippen LogP contribution in [0.2, 0.25) is 0 Å². The summed E-state index contributed by atoms with van der Waals surface area (Å²) in [6.45, 7) is 9.54. The number of aromatic nitrogens is 1. The van der Waals surface area contributed by atoms with Gasteiger partial charge in [0, 0.05) is 52.1 Å². The van der Waals surface area contributed by atoms with E-state index in [0.29, 0.717) is 12.5 Å². The van der Waals surface area contributed by atoms with Gasteiger partial charge in [0.2, 0.25) is 5.91 Å². The third-order valence-corrected chi connectivity index (χ3v) is 5.13. The molecule has 3 heterocycles. The Morgan fingerprint density at radius 1 is 1.24 bits per heavy atom. The molecule has 1 amide bonds. The highest BCUT2D eigenvalue weighted by Crippen LogP contribution is 2.18. The summed E-state index contributed by atoms with van der Waals surface area (Å²) in [6.07, 6.45) is 4.10. The number of amides is 1. The minimum absolute atomic E-state index is 0.271. The van der Waals surface area contributed by atoms with Gasteiger partial charge in [-0.1, -0.05) is 6.07 Å². The van der Waals surface area contributed by atoms with Crippen LogP contribution in [0.3, 0.4) is 0 Å². The second-order valence-corrected chi connectivity index (χ2v) is 6.96. The first-order valence-corrected chi connectivity index (χ1v) is 9.50. The van der Waals surface area contributed by atoms with E-state index in [1.54, 1.807) is 0 Å². The Balaban J connectivity index is 1.43. The molecule has 2 aliphatic heterocycles. The molecule has 0 saturated carbocycles. The fraction of sp³-hybridized carbons (Fsp3) is 0.684. The predicted octanol–water partition coefficient (Wildman–Crippen LogP) is 1.48. The molecule has 25 heavy (non-hydrogen) atoms. The fourth-order valence-electron chi connectivity index (χ4n) is 3.68. The number of hydrogen-bond acceptors (Lipinski definition) is 5. The molecule has 2 saturated heterocycles. The summed E-state index contributed by atoms with van der Waals surface area (Å²) in [4.78, 5) is 23.7. The number of likely N-dealkylation sites (tertiary alicyclic amines) is 1. The monoisotopic (exact) mass is 346 g/mol. The van der Waals surface area contributed by atoms with Crippen LogP contribution in [0.15, 0.2) is 24.4 Å². The topological polar surface area (TPSA) is 48.9 Å². The lowest BCUT2D eigenvalue weighted by Gasteiger charge is -2.37. The van der Waals surface area contributed by atoms with Crippen LogP contribution in [0.5, 0.6) is 0 Å². The van der Waals surface area contributed by atoms with Crippen molar-refractivity contribution in [1.29, 1.82) is 0 Å². The predicted molar refractivity (Wildman–Crippen MR) is 98.7 cm³/mol. The van der Waals surface area contributed by atoms with Crippen LogP contribution >= 0.6 is 0 Å². The molecule has 0 spiro atoms. The lowest BCUT2D eigenvalue weighted by atomic mass is 9.99. The van der Waals surface area contributed by atoms with E-state index in [1.165, 1.54) is 6.42 Å². The molecular weight excluding hydrogens is 316 g/mol. The fourth-order valence-corrected chi connectivity index (χ4v) is 3.68. The average Bonchev–Trinajstić information content (AvgIpc) is 2.68. The van der Waals surface area contributed by atoms with Crippen LogP contribution in [0.1, 0.15) is 19.8 Å². The normalized spacial score (nSPS) is 22.2. The number of anilines is 1. The van der Waals surface area contributed by atoms with Crippen LogP contribution in [-0.4, -0.2) is 79.7 Å². The van der Waals surface area contributed by atoms with Crippen molar-refractivity contribution in [1.82, 2.24) is 14.8 Å². The largest absolute Gasteiger partial charge is 0.381 e. The average molecular weight is 346 g/mol. The van der Waals surface area contributed by atoms with E-state index in [0.717, 1.165) is 64.7 Å². The first kappa shape index (κ1) is 18.1. The van der Waals surface area contributed by atoms with Gasteiger partial charge >= 0.3 is 0 Å². The number of nitrogens with zero attached hydrogens (tertiary/aromatic N) is 4. The summed E-state index contributed by atoms with van der Waals surface area (Å²) in [7, 11) is 0. The smallest absolute Gasteiger partial charge is 0.236 e. The van der Waals surface area contributed by atoms with E-state index < -0.39 is 0 Å². The minimum Gasteiger partial charge on any atom is -0.381 e. The van der Waals surface area contributed by atoms with Gasteiger partial charge in [0.05, 0.1) is 13.2 Å². The van der Waals surface area contributed by atoms with Gasteiger partial charge in [-0.2, -0.15) is 0 Å². The molecule has 2 fully saturated rings. The van der Waals surface area contributed by atoms with Gasteiger partial charge in [-0.3, -0.25) is 9.69 Å². The number of ether oxygens (including phenoxy) is 1. The van der Waals surface area contributed by atoms with E-state index in [-0.39, 0.29) is 5.91 Å². The van der Waals surface area contributed by atoms with Gasteiger partial charge in [0.1, 0.15) is 5.82 Å². The van der Waals surface area contributed by atoms with Crippen LogP contribution in [0.25, 0.3) is 0 Å². The first-order valence-electron chi connectivity index (χ1n) is 9.50. The zero-order valence-electron chi connectivity index (χ0n) is 15.3. The molecule has 0 bridgehead atoms. The summed E-state index contributed by atoms with van der Waals surface area (Å²) in [5.74, 6) is 1.80. The Hall–Kier alpha value is -1.66. The van der Waals surface area contributed by atoms with Crippen LogP contribution in [-0.2, 0) is 9.53 Å². The van der Waals surface area contributed by atoms with Crippen molar-refractivity contribution < 1.29 is 9.53 Å². The van der Waals surface area contributed by atoms with Gasteiger partial charge < -0.3 is 14.5 Å². The van der Waals surface area contributed by atoms with Crippen molar-refractivity contribution in [2.45, 2.75) is 19.8 Å². The Kier molecular flexibility index (Phi) is 6.64. The van der Waals surface area contributed by atoms with Crippen molar-refractivity contribution in [3.8, 4) is 0 Å². The second kappa shape index (κ2) is 9.15.